The number of rotatable bonds is 3. The minimum Gasteiger partial charge on any atom is -0.370 e. The normalized spacial score (nSPS) is 15.2. The smallest absolute Gasteiger partial charge is 0.229 e. The Labute approximate surface area is 157 Å². The first kappa shape index (κ1) is 17.7. The van der Waals surface area contributed by atoms with Crippen molar-refractivity contribution in [2.45, 2.75) is 19.3 Å². The molecule has 0 atom stereocenters. The summed E-state index contributed by atoms with van der Waals surface area (Å²) in [6, 6.07) is 10.6. The first-order valence-electron chi connectivity index (χ1n) is 9.00. The zero-order valence-corrected chi connectivity index (χ0v) is 15.9. The zero-order valence-electron chi connectivity index (χ0n) is 15.1. The lowest BCUT2D eigenvalue weighted by Crippen LogP contribution is -2.29. The number of sulfonamides is 1. The van der Waals surface area contributed by atoms with E-state index in [9.17, 15) is 13.2 Å². The summed E-state index contributed by atoms with van der Waals surface area (Å²) in [5.74, 6) is 0. The Morgan fingerprint density at radius 3 is 2.48 bits per heavy atom. The Bertz CT molecular complexity index is 1190. The maximum absolute atomic E-state index is 13.2. The number of benzene rings is 1. The molecule has 0 radical (unpaired) electrons. The molecule has 7 heteroatoms. The van der Waals surface area contributed by atoms with Crippen LogP contribution in [-0.4, -0.2) is 32.7 Å². The molecule has 0 unspecified atom stereocenters. The van der Waals surface area contributed by atoms with Gasteiger partial charge >= 0.3 is 0 Å². The first-order valence-corrected chi connectivity index (χ1v) is 10.9. The Morgan fingerprint density at radius 1 is 1.00 bits per heavy atom. The van der Waals surface area contributed by atoms with Crippen molar-refractivity contribution in [1.82, 2.24) is 4.98 Å². The van der Waals surface area contributed by atoms with E-state index < -0.39 is 10.0 Å². The van der Waals surface area contributed by atoms with Crippen LogP contribution in [0.2, 0.25) is 0 Å². The zero-order chi connectivity index (χ0) is 19.0. The van der Waals surface area contributed by atoms with Crippen molar-refractivity contribution in [3.63, 3.8) is 0 Å². The lowest BCUT2D eigenvalue weighted by Gasteiger charge is -2.28. The van der Waals surface area contributed by atoms with Crippen molar-refractivity contribution in [2.24, 2.45) is 0 Å². The molecular weight excluding hydrogens is 362 g/mol. The van der Waals surface area contributed by atoms with Crippen molar-refractivity contribution in [3.8, 4) is 0 Å². The van der Waals surface area contributed by atoms with E-state index in [-0.39, 0.29) is 5.43 Å². The molecule has 1 saturated heterocycles. The molecule has 3 aromatic rings. The summed E-state index contributed by atoms with van der Waals surface area (Å²) in [6.45, 7) is 1.95. The fraction of sp³-hybridized carbons (Fsp3) is 0.300. The molecule has 1 aliphatic heterocycles. The monoisotopic (exact) mass is 383 g/mol. The maximum atomic E-state index is 13.2. The van der Waals surface area contributed by atoms with E-state index in [4.69, 9.17) is 0 Å². The first-order chi connectivity index (χ1) is 12.9. The average molecular weight is 383 g/mol. The molecule has 1 aromatic heterocycles. The van der Waals surface area contributed by atoms with Crippen LogP contribution in [0.4, 0.5) is 11.4 Å². The fourth-order valence-electron chi connectivity index (χ4n) is 3.59. The van der Waals surface area contributed by atoms with E-state index in [1.165, 1.54) is 6.42 Å². The van der Waals surface area contributed by atoms with Gasteiger partial charge in [0.15, 0.2) is 5.43 Å². The van der Waals surface area contributed by atoms with Gasteiger partial charge in [0, 0.05) is 24.2 Å². The van der Waals surface area contributed by atoms with Crippen LogP contribution in [0, 0.1) is 0 Å². The van der Waals surface area contributed by atoms with Gasteiger partial charge in [-0.1, -0.05) is 12.1 Å². The molecule has 0 bridgehead atoms. The number of aromatic nitrogens is 1. The molecule has 6 nitrogen and oxygen atoms in total. The summed E-state index contributed by atoms with van der Waals surface area (Å²) >= 11 is 0. The van der Waals surface area contributed by atoms with Crippen molar-refractivity contribution < 1.29 is 8.42 Å². The quantitative estimate of drug-likeness (QED) is 0.752. The SMILES string of the molecule is CS(=O)(=O)Nc1ccc2ccc3ncc(N4CCCCC4)cc3c(=O)c2c1. The number of hydrogen-bond donors (Lipinski definition) is 1. The largest absolute Gasteiger partial charge is 0.370 e. The molecule has 0 amide bonds. The van der Waals surface area contributed by atoms with Crippen LogP contribution in [0.25, 0.3) is 21.7 Å². The van der Waals surface area contributed by atoms with Crippen molar-refractivity contribution >= 4 is 43.1 Å². The minimum absolute atomic E-state index is 0.145. The Kier molecular flexibility index (Phi) is 4.47. The van der Waals surface area contributed by atoms with Gasteiger partial charge in [0.05, 0.1) is 29.0 Å². The Balaban J connectivity index is 1.90. The summed E-state index contributed by atoms with van der Waals surface area (Å²) in [4.78, 5) is 20.0. The third-order valence-electron chi connectivity index (χ3n) is 4.89. The fourth-order valence-corrected chi connectivity index (χ4v) is 4.15. The van der Waals surface area contributed by atoms with E-state index >= 15 is 0 Å². The predicted octanol–water partition coefficient (Wildman–Crippen LogP) is 3.11. The lowest BCUT2D eigenvalue weighted by atomic mass is 10.1. The van der Waals surface area contributed by atoms with Gasteiger partial charge in [-0.2, -0.15) is 0 Å². The van der Waals surface area contributed by atoms with Crippen molar-refractivity contribution in [3.05, 3.63) is 52.8 Å². The number of hydrogen-bond acceptors (Lipinski definition) is 5. The topological polar surface area (TPSA) is 79.4 Å². The number of pyridine rings is 1. The second-order valence-corrected chi connectivity index (χ2v) is 8.76. The molecule has 1 N–H and O–H groups in total. The summed E-state index contributed by atoms with van der Waals surface area (Å²) in [6.07, 6.45) is 6.45. The second kappa shape index (κ2) is 6.81. The van der Waals surface area contributed by atoms with E-state index in [1.54, 1.807) is 18.2 Å². The van der Waals surface area contributed by atoms with Crippen LogP contribution >= 0.6 is 0 Å². The van der Waals surface area contributed by atoms with Crippen LogP contribution in [0.5, 0.6) is 0 Å². The van der Waals surface area contributed by atoms with Gasteiger partial charge in [0.1, 0.15) is 0 Å². The molecule has 1 aliphatic rings. The number of nitrogens with zero attached hydrogens (tertiary/aromatic N) is 2. The predicted molar refractivity (Wildman–Crippen MR) is 110 cm³/mol. The Hall–Kier alpha value is -2.67. The van der Waals surface area contributed by atoms with Gasteiger partial charge in [-0.25, -0.2) is 8.42 Å². The lowest BCUT2D eigenvalue weighted by molar-refractivity contribution is 0.577. The van der Waals surface area contributed by atoms with E-state index in [2.05, 4.69) is 14.6 Å². The molecule has 2 aromatic carbocycles. The third kappa shape index (κ3) is 3.73. The molecule has 1 fully saturated rings. The van der Waals surface area contributed by atoms with Gasteiger partial charge in [0.25, 0.3) is 0 Å². The van der Waals surface area contributed by atoms with Gasteiger partial charge in [-0.05, 0) is 48.9 Å². The molecule has 4 rings (SSSR count). The van der Waals surface area contributed by atoms with Crippen LogP contribution in [-0.2, 0) is 10.0 Å². The maximum Gasteiger partial charge on any atom is 0.229 e. The number of nitrogens with one attached hydrogen (secondary N) is 1. The summed E-state index contributed by atoms with van der Waals surface area (Å²) < 4.78 is 25.5. The third-order valence-corrected chi connectivity index (χ3v) is 5.50. The van der Waals surface area contributed by atoms with E-state index in [0.717, 1.165) is 43.3 Å². The van der Waals surface area contributed by atoms with E-state index in [0.29, 0.717) is 22.0 Å². The highest BCUT2D eigenvalue weighted by atomic mass is 32.2. The van der Waals surface area contributed by atoms with Gasteiger partial charge in [0.2, 0.25) is 10.0 Å². The highest BCUT2D eigenvalue weighted by Crippen LogP contribution is 2.24. The second-order valence-electron chi connectivity index (χ2n) is 7.01. The van der Waals surface area contributed by atoms with Gasteiger partial charge in [-0.15, -0.1) is 0 Å². The minimum atomic E-state index is -3.41. The van der Waals surface area contributed by atoms with Crippen LogP contribution < -0.4 is 15.1 Å². The molecule has 0 saturated carbocycles. The number of fused-ring (bicyclic) bond motifs is 2. The van der Waals surface area contributed by atoms with Crippen molar-refractivity contribution in [1.29, 1.82) is 0 Å². The summed E-state index contributed by atoms with van der Waals surface area (Å²) in [7, 11) is -3.41. The molecule has 140 valence electrons. The summed E-state index contributed by atoms with van der Waals surface area (Å²) in [5, 5.41) is 1.76. The van der Waals surface area contributed by atoms with Gasteiger partial charge < -0.3 is 4.90 Å². The number of anilines is 2. The van der Waals surface area contributed by atoms with E-state index in [1.807, 2.05) is 24.4 Å². The van der Waals surface area contributed by atoms with Gasteiger partial charge in [-0.3, -0.25) is 14.5 Å². The highest BCUT2D eigenvalue weighted by molar-refractivity contribution is 7.92. The number of piperidine rings is 1. The van der Waals surface area contributed by atoms with Crippen molar-refractivity contribution in [2.75, 3.05) is 29.0 Å². The molecule has 0 aliphatic carbocycles. The standard InChI is InChI=1S/C20H21N3O3S/c1-27(25,26)22-15-7-5-14-6-8-19-18(20(24)17(14)11-15)12-16(13-21-19)23-9-3-2-4-10-23/h5-8,11-13,22H,2-4,9-10H2,1H3. The summed E-state index contributed by atoms with van der Waals surface area (Å²) in [5.41, 5.74) is 1.83. The van der Waals surface area contributed by atoms with Crippen LogP contribution in [0.15, 0.2) is 47.4 Å². The van der Waals surface area contributed by atoms with Crippen LogP contribution in [0.1, 0.15) is 19.3 Å². The highest BCUT2D eigenvalue weighted by Gasteiger charge is 2.13. The molecule has 0 spiro atoms. The molecule has 27 heavy (non-hydrogen) atoms. The Morgan fingerprint density at radius 2 is 1.74 bits per heavy atom. The molecule has 2 heterocycles. The average Bonchev–Trinajstić information content (AvgIpc) is 2.78. The molecular formula is C20H21N3O3S. The van der Waals surface area contributed by atoms with Crippen LogP contribution in [0.3, 0.4) is 0 Å².